The smallest absolute Gasteiger partial charge is 0.110 e. The molecule has 0 aliphatic carbocycles. The van der Waals surface area contributed by atoms with Crippen molar-refractivity contribution in [3.63, 3.8) is 0 Å². The van der Waals surface area contributed by atoms with Gasteiger partial charge in [0, 0.05) is 24.7 Å². The predicted octanol–water partition coefficient (Wildman–Crippen LogP) is 2.28. The van der Waals surface area contributed by atoms with Crippen molar-refractivity contribution in [2.24, 2.45) is 0 Å². The molecular formula is C12H18O3. The number of aliphatic hydroxyl groups excluding tert-OH is 1. The van der Waals surface area contributed by atoms with Gasteiger partial charge in [-0.15, -0.1) is 0 Å². The first-order valence-electron chi connectivity index (χ1n) is 5.51. The Morgan fingerprint density at radius 3 is 2.47 bits per heavy atom. The molecule has 1 N–H and O–H groups in total. The van der Waals surface area contributed by atoms with Crippen molar-refractivity contribution < 1.29 is 14.3 Å². The molecule has 0 spiro atoms. The lowest BCUT2D eigenvalue weighted by atomic mass is 9.94. The van der Waals surface area contributed by atoms with Gasteiger partial charge in [0.15, 0.2) is 0 Å². The molecule has 1 aliphatic heterocycles. The summed E-state index contributed by atoms with van der Waals surface area (Å²) in [5, 5.41) is 9.23. The van der Waals surface area contributed by atoms with Gasteiger partial charge in [-0.05, 0) is 32.3 Å². The molecule has 0 radical (unpaired) electrons. The van der Waals surface area contributed by atoms with Crippen molar-refractivity contribution in [1.29, 1.82) is 0 Å². The van der Waals surface area contributed by atoms with Gasteiger partial charge in [0.05, 0.1) is 6.61 Å². The Bertz CT molecular complexity index is 335. The van der Waals surface area contributed by atoms with Gasteiger partial charge >= 0.3 is 0 Å². The molecule has 2 rings (SSSR count). The monoisotopic (exact) mass is 210 g/mol. The number of furan rings is 1. The van der Waals surface area contributed by atoms with Crippen LogP contribution in [0.4, 0.5) is 0 Å². The summed E-state index contributed by atoms with van der Waals surface area (Å²) >= 11 is 0. The standard InChI is InChI=1S/C12H18O3/c1-8-11(7-13)9(2)15-12(8)10-3-5-14-6-4-10/h10,13H,3-7H2,1-2H3. The summed E-state index contributed by atoms with van der Waals surface area (Å²) in [7, 11) is 0. The van der Waals surface area contributed by atoms with Crippen LogP contribution >= 0.6 is 0 Å². The fourth-order valence-electron chi connectivity index (χ4n) is 2.30. The molecule has 0 amide bonds. The van der Waals surface area contributed by atoms with E-state index in [0.717, 1.165) is 48.7 Å². The molecule has 1 aromatic rings. The van der Waals surface area contributed by atoms with Crippen molar-refractivity contribution in [3.8, 4) is 0 Å². The van der Waals surface area contributed by atoms with Crippen LogP contribution in [0.2, 0.25) is 0 Å². The molecule has 15 heavy (non-hydrogen) atoms. The molecule has 1 fully saturated rings. The fourth-order valence-corrected chi connectivity index (χ4v) is 2.30. The third-order valence-corrected chi connectivity index (χ3v) is 3.26. The molecule has 1 saturated heterocycles. The summed E-state index contributed by atoms with van der Waals surface area (Å²) in [5.74, 6) is 2.38. The molecular weight excluding hydrogens is 192 g/mol. The van der Waals surface area contributed by atoms with Crippen LogP contribution in [0.25, 0.3) is 0 Å². The maximum atomic E-state index is 9.23. The van der Waals surface area contributed by atoms with Crippen LogP contribution < -0.4 is 0 Å². The lowest BCUT2D eigenvalue weighted by Crippen LogP contribution is -2.14. The highest BCUT2D eigenvalue weighted by molar-refractivity contribution is 5.33. The minimum atomic E-state index is 0.0738. The largest absolute Gasteiger partial charge is 0.465 e. The van der Waals surface area contributed by atoms with Crippen LogP contribution in [0.1, 0.15) is 41.4 Å². The van der Waals surface area contributed by atoms with E-state index in [9.17, 15) is 5.11 Å². The summed E-state index contributed by atoms with van der Waals surface area (Å²) in [5.41, 5.74) is 2.08. The Labute approximate surface area is 90.0 Å². The topological polar surface area (TPSA) is 42.6 Å². The van der Waals surface area contributed by atoms with E-state index in [1.807, 2.05) is 13.8 Å². The summed E-state index contributed by atoms with van der Waals surface area (Å²) in [6.07, 6.45) is 2.05. The number of ether oxygens (including phenoxy) is 1. The van der Waals surface area contributed by atoms with Gasteiger partial charge < -0.3 is 14.3 Å². The molecule has 1 aliphatic rings. The van der Waals surface area contributed by atoms with Gasteiger partial charge in [-0.3, -0.25) is 0 Å². The zero-order chi connectivity index (χ0) is 10.8. The van der Waals surface area contributed by atoms with Gasteiger partial charge in [-0.2, -0.15) is 0 Å². The second-order valence-electron chi connectivity index (χ2n) is 4.17. The number of hydrogen-bond donors (Lipinski definition) is 1. The summed E-state index contributed by atoms with van der Waals surface area (Å²) in [6, 6.07) is 0. The van der Waals surface area contributed by atoms with Gasteiger partial charge in [0.25, 0.3) is 0 Å². The molecule has 3 heteroatoms. The first kappa shape index (κ1) is 10.7. The molecule has 0 unspecified atom stereocenters. The van der Waals surface area contributed by atoms with Crippen molar-refractivity contribution in [3.05, 3.63) is 22.6 Å². The second kappa shape index (κ2) is 4.37. The number of aliphatic hydroxyl groups is 1. The van der Waals surface area contributed by atoms with Gasteiger partial charge in [-0.1, -0.05) is 0 Å². The number of hydrogen-bond acceptors (Lipinski definition) is 3. The molecule has 0 atom stereocenters. The Kier molecular flexibility index (Phi) is 3.12. The number of rotatable bonds is 2. The molecule has 0 bridgehead atoms. The third-order valence-electron chi connectivity index (χ3n) is 3.26. The highest BCUT2D eigenvalue weighted by Crippen LogP contribution is 2.33. The summed E-state index contributed by atoms with van der Waals surface area (Å²) < 4.78 is 11.1. The first-order valence-corrected chi connectivity index (χ1v) is 5.51. The van der Waals surface area contributed by atoms with Crippen molar-refractivity contribution in [1.82, 2.24) is 0 Å². The van der Waals surface area contributed by atoms with Crippen LogP contribution in [0, 0.1) is 13.8 Å². The van der Waals surface area contributed by atoms with Gasteiger partial charge in [0.2, 0.25) is 0 Å². The lowest BCUT2D eigenvalue weighted by molar-refractivity contribution is 0.0803. The van der Waals surface area contributed by atoms with Gasteiger partial charge in [0.1, 0.15) is 11.5 Å². The van der Waals surface area contributed by atoms with Gasteiger partial charge in [-0.25, -0.2) is 0 Å². The normalized spacial score (nSPS) is 18.3. The van der Waals surface area contributed by atoms with E-state index in [4.69, 9.17) is 9.15 Å². The Morgan fingerprint density at radius 1 is 1.27 bits per heavy atom. The average Bonchev–Trinajstić information content (AvgIpc) is 2.55. The van der Waals surface area contributed by atoms with Crippen molar-refractivity contribution in [2.45, 2.75) is 39.2 Å². The average molecular weight is 210 g/mol. The Hall–Kier alpha value is -0.800. The predicted molar refractivity (Wildman–Crippen MR) is 56.9 cm³/mol. The van der Waals surface area contributed by atoms with Crippen LogP contribution in [-0.2, 0) is 11.3 Å². The maximum absolute atomic E-state index is 9.23. The lowest BCUT2D eigenvalue weighted by Gasteiger charge is -2.20. The fraction of sp³-hybridized carbons (Fsp3) is 0.667. The molecule has 84 valence electrons. The van der Waals surface area contributed by atoms with Crippen molar-refractivity contribution in [2.75, 3.05) is 13.2 Å². The molecule has 0 aromatic carbocycles. The second-order valence-corrected chi connectivity index (χ2v) is 4.17. The Morgan fingerprint density at radius 2 is 1.93 bits per heavy atom. The molecule has 3 nitrogen and oxygen atoms in total. The highest BCUT2D eigenvalue weighted by Gasteiger charge is 2.23. The van der Waals surface area contributed by atoms with E-state index in [2.05, 4.69) is 0 Å². The minimum absolute atomic E-state index is 0.0738. The van der Waals surface area contributed by atoms with Crippen LogP contribution in [0.15, 0.2) is 4.42 Å². The Balaban J connectivity index is 2.27. The quantitative estimate of drug-likeness (QED) is 0.814. The van der Waals surface area contributed by atoms with Crippen LogP contribution in [0.3, 0.4) is 0 Å². The van der Waals surface area contributed by atoms with Crippen molar-refractivity contribution >= 4 is 0 Å². The van der Waals surface area contributed by atoms with E-state index in [1.54, 1.807) is 0 Å². The molecule has 2 heterocycles. The third kappa shape index (κ3) is 1.94. The zero-order valence-electron chi connectivity index (χ0n) is 9.38. The summed E-state index contributed by atoms with van der Waals surface area (Å²) in [4.78, 5) is 0. The van der Waals surface area contributed by atoms with E-state index >= 15 is 0 Å². The van der Waals surface area contributed by atoms with Crippen LogP contribution in [-0.4, -0.2) is 18.3 Å². The minimum Gasteiger partial charge on any atom is -0.465 e. The van der Waals surface area contributed by atoms with E-state index in [1.165, 1.54) is 0 Å². The van der Waals surface area contributed by atoms with E-state index in [-0.39, 0.29) is 6.61 Å². The molecule has 0 saturated carbocycles. The van der Waals surface area contributed by atoms with Crippen LogP contribution in [0.5, 0.6) is 0 Å². The number of aryl methyl sites for hydroxylation is 1. The van der Waals surface area contributed by atoms with E-state index < -0.39 is 0 Å². The summed E-state index contributed by atoms with van der Waals surface area (Å²) in [6.45, 7) is 5.66. The molecule has 1 aromatic heterocycles. The highest BCUT2D eigenvalue weighted by atomic mass is 16.5. The zero-order valence-corrected chi connectivity index (χ0v) is 9.38. The van der Waals surface area contributed by atoms with E-state index in [0.29, 0.717) is 5.92 Å². The maximum Gasteiger partial charge on any atom is 0.110 e. The first-order chi connectivity index (χ1) is 7.24. The SMILES string of the molecule is Cc1oc(C2CCOCC2)c(C)c1CO.